The van der Waals surface area contributed by atoms with Crippen molar-refractivity contribution in [2.75, 3.05) is 21.1 Å². The van der Waals surface area contributed by atoms with Gasteiger partial charge in [-0.2, -0.15) is 0 Å². The highest BCUT2D eigenvalue weighted by atomic mass is 15.3. The predicted molar refractivity (Wildman–Crippen MR) is 69.8 cm³/mol. The third-order valence-corrected chi connectivity index (χ3v) is 2.57. The van der Waals surface area contributed by atoms with Crippen molar-refractivity contribution in [1.82, 2.24) is 10.2 Å². The summed E-state index contributed by atoms with van der Waals surface area (Å²) >= 11 is 0. The summed E-state index contributed by atoms with van der Waals surface area (Å²) in [5, 5.41) is 3.32. The van der Waals surface area contributed by atoms with Gasteiger partial charge in [-0.05, 0) is 25.0 Å². The third-order valence-electron chi connectivity index (χ3n) is 2.57. The summed E-state index contributed by atoms with van der Waals surface area (Å²) in [5.74, 6) is 0.903. The molecule has 0 aliphatic rings. The van der Waals surface area contributed by atoms with Crippen molar-refractivity contribution in [1.29, 1.82) is 0 Å². The van der Waals surface area contributed by atoms with E-state index in [1.165, 1.54) is 16.7 Å². The normalized spacial score (nSPS) is 11.4. The first-order valence-electron chi connectivity index (χ1n) is 5.48. The molecule has 0 atom stereocenters. The Labute approximate surface area is 98.2 Å². The Bertz CT molecular complexity index is 381. The maximum Gasteiger partial charge on any atom is 0.193 e. The van der Waals surface area contributed by atoms with E-state index >= 15 is 0 Å². The van der Waals surface area contributed by atoms with Crippen molar-refractivity contribution in [2.45, 2.75) is 20.4 Å². The molecule has 88 valence electrons. The minimum atomic E-state index is 0.816. The zero-order valence-electron chi connectivity index (χ0n) is 10.8. The van der Waals surface area contributed by atoms with Gasteiger partial charge in [-0.15, -0.1) is 0 Å². The van der Waals surface area contributed by atoms with Crippen molar-refractivity contribution >= 4 is 5.96 Å². The fourth-order valence-electron chi connectivity index (χ4n) is 1.66. The lowest BCUT2D eigenvalue weighted by Crippen LogP contribution is -2.35. The van der Waals surface area contributed by atoms with Gasteiger partial charge >= 0.3 is 0 Å². The van der Waals surface area contributed by atoms with Crippen molar-refractivity contribution in [2.24, 2.45) is 4.99 Å². The Kier molecular flexibility index (Phi) is 4.35. The zero-order chi connectivity index (χ0) is 12.1. The average molecular weight is 219 g/mol. The monoisotopic (exact) mass is 219 g/mol. The number of aliphatic imine (C=N–C) groups is 1. The molecule has 0 aliphatic heterocycles. The highest BCUT2D eigenvalue weighted by Crippen LogP contribution is 2.09. The van der Waals surface area contributed by atoms with Gasteiger partial charge in [0.15, 0.2) is 5.96 Å². The predicted octanol–water partition coefficient (Wildman–Crippen LogP) is 1.94. The van der Waals surface area contributed by atoms with Gasteiger partial charge in [0.25, 0.3) is 0 Å². The quantitative estimate of drug-likeness (QED) is 0.608. The Morgan fingerprint density at radius 2 is 2.00 bits per heavy atom. The minimum absolute atomic E-state index is 0.816. The number of guanidine groups is 1. The van der Waals surface area contributed by atoms with E-state index < -0.39 is 0 Å². The molecule has 0 fully saturated rings. The molecule has 0 aliphatic carbocycles. The first-order valence-corrected chi connectivity index (χ1v) is 5.48. The molecule has 0 spiro atoms. The van der Waals surface area contributed by atoms with Gasteiger partial charge in [0.1, 0.15) is 0 Å². The van der Waals surface area contributed by atoms with Gasteiger partial charge in [0, 0.05) is 27.7 Å². The number of hydrogen-bond acceptors (Lipinski definition) is 1. The summed E-state index contributed by atoms with van der Waals surface area (Å²) in [4.78, 5) is 6.16. The first-order chi connectivity index (χ1) is 7.54. The summed E-state index contributed by atoms with van der Waals surface area (Å²) in [6.45, 7) is 5.07. The molecule has 3 heteroatoms. The second-order valence-corrected chi connectivity index (χ2v) is 4.23. The number of hydrogen-bond donors (Lipinski definition) is 1. The van der Waals surface area contributed by atoms with Crippen LogP contribution in [0.25, 0.3) is 0 Å². The maximum absolute atomic E-state index is 4.18. The Hall–Kier alpha value is -1.51. The van der Waals surface area contributed by atoms with Gasteiger partial charge in [-0.1, -0.05) is 23.8 Å². The van der Waals surface area contributed by atoms with Gasteiger partial charge in [0.2, 0.25) is 0 Å². The summed E-state index contributed by atoms with van der Waals surface area (Å²) < 4.78 is 0. The fraction of sp³-hybridized carbons (Fsp3) is 0.462. The summed E-state index contributed by atoms with van der Waals surface area (Å²) in [5.41, 5.74) is 3.94. The molecule has 16 heavy (non-hydrogen) atoms. The molecule has 1 N–H and O–H groups in total. The number of nitrogens with zero attached hydrogens (tertiary/aromatic N) is 2. The van der Waals surface area contributed by atoms with Crippen LogP contribution in [-0.4, -0.2) is 32.0 Å². The smallest absolute Gasteiger partial charge is 0.193 e. The van der Waals surface area contributed by atoms with E-state index in [1.807, 2.05) is 19.0 Å². The molecule has 0 radical (unpaired) electrons. The molecule has 1 aromatic rings. The summed E-state index contributed by atoms with van der Waals surface area (Å²) in [6, 6.07) is 6.51. The molecule has 0 saturated carbocycles. The van der Waals surface area contributed by atoms with Gasteiger partial charge in [0.05, 0.1) is 0 Å². The highest BCUT2D eigenvalue weighted by molar-refractivity contribution is 5.79. The van der Waals surface area contributed by atoms with Crippen LogP contribution in [0.3, 0.4) is 0 Å². The molecule has 0 aromatic heterocycles. The Morgan fingerprint density at radius 3 is 2.50 bits per heavy atom. The molecule has 1 aromatic carbocycles. The second kappa shape index (κ2) is 5.54. The molecular formula is C13H21N3. The van der Waals surface area contributed by atoms with Crippen LogP contribution in [0, 0.1) is 13.8 Å². The van der Waals surface area contributed by atoms with E-state index in [0.29, 0.717) is 0 Å². The van der Waals surface area contributed by atoms with Gasteiger partial charge in [-0.3, -0.25) is 4.99 Å². The largest absolute Gasteiger partial charge is 0.352 e. The fourth-order valence-corrected chi connectivity index (χ4v) is 1.66. The lowest BCUT2D eigenvalue weighted by molar-refractivity contribution is 0.582. The molecule has 0 saturated heterocycles. The summed E-state index contributed by atoms with van der Waals surface area (Å²) in [7, 11) is 5.76. The maximum atomic E-state index is 4.18. The lowest BCUT2D eigenvalue weighted by atomic mass is 10.1. The van der Waals surface area contributed by atoms with Crippen LogP contribution in [0.2, 0.25) is 0 Å². The van der Waals surface area contributed by atoms with Crippen LogP contribution in [0.5, 0.6) is 0 Å². The number of rotatable bonds is 2. The first kappa shape index (κ1) is 12.6. The molecule has 3 nitrogen and oxygen atoms in total. The molecule has 0 amide bonds. The van der Waals surface area contributed by atoms with Crippen LogP contribution in [0.4, 0.5) is 0 Å². The summed E-state index contributed by atoms with van der Waals surface area (Å²) in [6.07, 6.45) is 0. The molecule has 0 bridgehead atoms. The number of nitrogens with one attached hydrogen (secondary N) is 1. The Morgan fingerprint density at radius 1 is 1.31 bits per heavy atom. The van der Waals surface area contributed by atoms with Crippen LogP contribution in [0.1, 0.15) is 16.7 Å². The van der Waals surface area contributed by atoms with Crippen LogP contribution in [-0.2, 0) is 6.54 Å². The average Bonchev–Trinajstić information content (AvgIpc) is 2.21. The van der Waals surface area contributed by atoms with E-state index in [1.54, 1.807) is 7.05 Å². The number of benzene rings is 1. The van der Waals surface area contributed by atoms with Crippen LogP contribution >= 0.6 is 0 Å². The third kappa shape index (κ3) is 3.26. The van der Waals surface area contributed by atoms with Crippen molar-refractivity contribution in [3.8, 4) is 0 Å². The van der Waals surface area contributed by atoms with E-state index in [0.717, 1.165) is 12.5 Å². The van der Waals surface area contributed by atoms with Crippen molar-refractivity contribution < 1.29 is 0 Å². The SMILES string of the molecule is CN=C(NCc1ccc(C)cc1C)N(C)C. The van der Waals surface area contributed by atoms with E-state index in [-0.39, 0.29) is 0 Å². The van der Waals surface area contributed by atoms with E-state index in [2.05, 4.69) is 42.4 Å². The lowest BCUT2D eigenvalue weighted by Gasteiger charge is -2.17. The topological polar surface area (TPSA) is 27.6 Å². The van der Waals surface area contributed by atoms with E-state index in [4.69, 9.17) is 0 Å². The Balaban J connectivity index is 2.68. The van der Waals surface area contributed by atoms with Gasteiger partial charge < -0.3 is 10.2 Å². The standard InChI is InChI=1S/C13H21N3/c1-10-6-7-12(11(2)8-10)9-15-13(14-3)16(4)5/h6-8H,9H2,1-5H3,(H,14,15). The highest BCUT2D eigenvalue weighted by Gasteiger charge is 2.02. The van der Waals surface area contributed by atoms with Crippen molar-refractivity contribution in [3.63, 3.8) is 0 Å². The number of aryl methyl sites for hydroxylation is 2. The minimum Gasteiger partial charge on any atom is -0.352 e. The zero-order valence-corrected chi connectivity index (χ0v) is 10.8. The molecular weight excluding hydrogens is 198 g/mol. The van der Waals surface area contributed by atoms with E-state index in [9.17, 15) is 0 Å². The molecule has 1 rings (SSSR count). The van der Waals surface area contributed by atoms with Crippen molar-refractivity contribution in [3.05, 3.63) is 34.9 Å². The molecule has 0 heterocycles. The van der Waals surface area contributed by atoms with Crippen LogP contribution in [0.15, 0.2) is 23.2 Å². The van der Waals surface area contributed by atoms with Gasteiger partial charge in [-0.25, -0.2) is 0 Å². The van der Waals surface area contributed by atoms with Crippen LogP contribution < -0.4 is 5.32 Å². The second-order valence-electron chi connectivity index (χ2n) is 4.23. The molecule has 0 unspecified atom stereocenters.